The van der Waals surface area contributed by atoms with Crippen molar-refractivity contribution in [3.8, 4) is 0 Å². The molecule has 0 aliphatic carbocycles. The van der Waals surface area contributed by atoms with Crippen LogP contribution in [-0.4, -0.2) is 24.1 Å². The molecule has 3 aromatic carbocycles. The van der Waals surface area contributed by atoms with E-state index in [-0.39, 0.29) is 23.8 Å². The van der Waals surface area contributed by atoms with Crippen LogP contribution in [0.5, 0.6) is 0 Å². The van der Waals surface area contributed by atoms with E-state index in [1.165, 1.54) is 0 Å². The molecule has 164 valence electrons. The number of benzene rings is 3. The fourth-order valence-electron chi connectivity index (χ4n) is 3.82. The van der Waals surface area contributed by atoms with Gasteiger partial charge >= 0.3 is 0 Å². The molecule has 0 heterocycles. The van der Waals surface area contributed by atoms with E-state index in [4.69, 9.17) is 0 Å². The van der Waals surface area contributed by atoms with E-state index in [2.05, 4.69) is 10.6 Å². The third-order valence-electron chi connectivity index (χ3n) is 5.40. The molecular formula is C27H28N2O3. The number of anilines is 1. The Bertz CT molecular complexity index is 1190. The fraction of sp³-hybridized carbons (Fsp3) is 0.222. The highest BCUT2D eigenvalue weighted by Gasteiger charge is 2.20. The summed E-state index contributed by atoms with van der Waals surface area (Å²) < 4.78 is 0. The van der Waals surface area contributed by atoms with Gasteiger partial charge in [-0.15, -0.1) is 0 Å². The third-order valence-corrected chi connectivity index (χ3v) is 5.40. The number of hydrogen-bond acceptors (Lipinski definition) is 3. The Morgan fingerprint density at radius 3 is 1.97 bits per heavy atom. The molecule has 5 heteroatoms. The van der Waals surface area contributed by atoms with Crippen molar-refractivity contribution in [3.05, 3.63) is 99.1 Å². The van der Waals surface area contributed by atoms with Gasteiger partial charge in [-0.1, -0.05) is 53.6 Å². The van der Waals surface area contributed by atoms with E-state index in [0.29, 0.717) is 11.1 Å². The number of carbonyl (C=O) groups excluding carboxylic acids is 3. The summed E-state index contributed by atoms with van der Waals surface area (Å²) in [6, 6.07) is 16.3. The Hall–Kier alpha value is -3.73. The first-order valence-electron chi connectivity index (χ1n) is 10.5. The van der Waals surface area contributed by atoms with Crippen LogP contribution >= 0.6 is 0 Å². The predicted molar refractivity (Wildman–Crippen MR) is 127 cm³/mol. The van der Waals surface area contributed by atoms with Crippen LogP contribution in [0, 0.1) is 34.6 Å². The molecule has 0 unspecified atom stereocenters. The molecule has 0 fully saturated rings. The van der Waals surface area contributed by atoms with Gasteiger partial charge in [0.1, 0.15) is 0 Å². The van der Waals surface area contributed by atoms with Gasteiger partial charge in [0.2, 0.25) is 5.91 Å². The summed E-state index contributed by atoms with van der Waals surface area (Å²) in [5.41, 5.74) is 6.74. The van der Waals surface area contributed by atoms with Crippen LogP contribution in [-0.2, 0) is 4.79 Å². The van der Waals surface area contributed by atoms with Crippen LogP contribution < -0.4 is 10.6 Å². The van der Waals surface area contributed by atoms with E-state index < -0.39 is 5.91 Å². The SMILES string of the molecule is Cc1cc(C)c(NC(=O)CNC(=O)c2ccccc2C(=O)c2cc(C)ccc2C)c(C)c1. The van der Waals surface area contributed by atoms with Gasteiger partial charge in [-0.2, -0.15) is 0 Å². The number of carbonyl (C=O) groups is 3. The van der Waals surface area contributed by atoms with Gasteiger partial charge < -0.3 is 10.6 Å². The number of nitrogens with one attached hydrogen (secondary N) is 2. The summed E-state index contributed by atoms with van der Waals surface area (Å²) in [6.45, 7) is 9.47. The minimum Gasteiger partial charge on any atom is -0.343 e. The largest absolute Gasteiger partial charge is 0.343 e. The molecule has 0 bridgehead atoms. The van der Waals surface area contributed by atoms with Gasteiger partial charge in [0, 0.05) is 16.8 Å². The van der Waals surface area contributed by atoms with E-state index in [0.717, 1.165) is 33.5 Å². The molecule has 0 aromatic heterocycles. The minimum absolute atomic E-state index is 0.197. The van der Waals surface area contributed by atoms with Crippen LogP contribution in [0.4, 0.5) is 5.69 Å². The Balaban J connectivity index is 1.75. The van der Waals surface area contributed by atoms with E-state index >= 15 is 0 Å². The summed E-state index contributed by atoms with van der Waals surface area (Å²) in [4.78, 5) is 38.5. The van der Waals surface area contributed by atoms with Crippen molar-refractivity contribution in [1.29, 1.82) is 0 Å². The van der Waals surface area contributed by atoms with Gasteiger partial charge in [-0.3, -0.25) is 14.4 Å². The van der Waals surface area contributed by atoms with Crippen molar-refractivity contribution in [2.24, 2.45) is 0 Å². The zero-order chi connectivity index (χ0) is 23.4. The first kappa shape index (κ1) is 22.9. The normalized spacial score (nSPS) is 10.5. The molecule has 0 aliphatic heterocycles. The Labute approximate surface area is 188 Å². The number of aryl methyl sites for hydroxylation is 5. The average Bonchev–Trinajstić information content (AvgIpc) is 2.75. The van der Waals surface area contributed by atoms with E-state index in [9.17, 15) is 14.4 Å². The van der Waals surface area contributed by atoms with Crippen molar-refractivity contribution >= 4 is 23.3 Å². The number of rotatable bonds is 6. The quantitative estimate of drug-likeness (QED) is 0.552. The summed E-state index contributed by atoms with van der Waals surface area (Å²) in [6.07, 6.45) is 0. The second kappa shape index (κ2) is 9.60. The zero-order valence-electron chi connectivity index (χ0n) is 19.1. The second-order valence-corrected chi connectivity index (χ2v) is 8.20. The molecule has 0 saturated carbocycles. The number of hydrogen-bond donors (Lipinski definition) is 2. The highest BCUT2D eigenvalue weighted by atomic mass is 16.2. The molecule has 32 heavy (non-hydrogen) atoms. The highest BCUT2D eigenvalue weighted by Crippen LogP contribution is 2.22. The fourth-order valence-corrected chi connectivity index (χ4v) is 3.82. The van der Waals surface area contributed by atoms with Gasteiger partial charge in [0.15, 0.2) is 5.78 Å². The summed E-state index contributed by atoms with van der Waals surface area (Å²) in [5, 5.41) is 5.51. The molecule has 5 nitrogen and oxygen atoms in total. The Kier molecular flexibility index (Phi) is 6.89. The van der Waals surface area contributed by atoms with Crippen LogP contribution in [0.1, 0.15) is 54.1 Å². The molecule has 0 radical (unpaired) electrons. The summed E-state index contributed by atoms with van der Waals surface area (Å²) in [7, 11) is 0. The molecule has 0 spiro atoms. The maximum absolute atomic E-state index is 13.2. The van der Waals surface area contributed by atoms with Crippen LogP contribution in [0.25, 0.3) is 0 Å². The third kappa shape index (κ3) is 5.11. The molecule has 2 amide bonds. The molecule has 0 saturated heterocycles. The first-order valence-corrected chi connectivity index (χ1v) is 10.5. The molecular weight excluding hydrogens is 400 g/mol. The lowest BCUT2D eigenvalue weighted by Gasteiger charge is -2.14. The topological polar surface area (TPSA) is 75.3 Å². The van der Waals surface area contributed by atoms with Gasteiger partial charge in [-0.05, 0) is 63.4 Å². The number of ketones is 1. The average molecular weight is 429 g/mol. The maximum Gasteiger partial charge on any atom is 0.252 e. The van der Waals surface area contributed by atoms with Crippen molar-refractivity contribution in [1.82, 2.24) is 5.32 Å². The molecule has 3 rings (SSSR count). The molecule has 0 atom stereocenters. The van der Waals surface area contributed by atoms with Crippen molar-refractivity contribution < 1.29 is 14.4 Å². The van der Waals surface area contributed by atoms with Crippen LogP contribution in [0.2, 0.25) is 0 Å². The monoisotopic (exact) mass is 428 g/mol. The van der Waals surface area contributed by atoms with Gasteiger partial charge in [-0.25, -0.2) is 0 Å². The highest BCUT2D eigenvalue weighted by molar-refractivity contribution is 6.16. The predicted octanol–water partition coefficient (Wildman–Crippen LogP) is 4.83. The summed E-state index contributed by atoms with van der Waals surface area (Å²) >= 11 is 0. The Morgan fingerprint density at radius 1 is 0.688 bits per heavy atom. The van der Waals surface area contributed by atoms with E-state index in [1.54, 1.807) is 24.3 Å². The number of amides is 2. The smallest absolute Gasteiger partial charge is 0.252 e. The van der Waals surface area contributed by atoms with Crippen molar-refractivity contribution in [3.63, 3.8) is 0 Å². The second-order valence-electron chi connectivity index (χ2n) is 8.20. The van der Waals surface area contributed by atoms with E-state index in [1.807, 2.05) is 65.0 Å². The molecule has 0 aliphatic rings. The van der Waals surface area contributed by atoms with Crippen molar-refractivity contribution in [2.45, 2.75) is 34.6 Å². The lowest BCUT2D eigenvalue weighted by Crippen LogP contribution is -2.34. The lowest BCUT2D eigenvalue weighted by atomic mass is 9.94. The zero-order valence-corrected chi connectivity index (χ0v) is 19.1. The van der Waals surface area contributed by atoms with Crippen molar-refractivity contribution in [2.75, 3.05) is 11.9 Å². The summed E-state index contributed by atoms with van der Waals surface area (Å²) in [5.74, 6) is -1.01. The van der Waals surface area contributed by atoms with Crippen LogP contribution in [0.3, 0.4) is 0 Å². The first-order chi connectivity index (χ1) is 15.2. The standard InChI is InChI=1S/C27H28N2O3/c1-16-10-11-18(3)23(14-16)26(31)21-8-6-7-9-22(21)27(32)28-15-24(30)29-25-19(4)12-17(2)13-20(25)5/h6-14H,15H2,1-5H3,(H,28,32)(H,29,30). The molecule has 3 aromatic rings. The van der Waals surface area contributed by atoms with Gasteiger partial charge in [0.05, 0.1) is 12.1 Å². The van der Waals surface area contributed by atoms with Gasteiger partial charge in [0.25, 0.3) is 5.91 Å². The minimum atomic E-state index is -0.466. The van der Waals surface area contributed by atoms with Crippen LogP contribution in [0.15, 0.2) is 54.6 Å². The molecule has 2 N–H and O–H groups in total. The lowest BCUT2D eigenvalue weighted by molar-refractivity contribution is -0.115. The maximum atomic E-state index is 13.2. The Morgan fingerprint density at radius 2 is 1.31 bits per heavy atom.